The molecule has 1 fully saturated rings. The third-order valence-corrected chi connectivity index (χ3v) is 5.30. The average molecular weight is 281 g/mol. The lowest BCUT2D eigenvalue weighted by molar-refractivity contribution is 0.0945. The van der Waals surface area contributed by atoms with Gasteiger partial charge in [-0.05, 0) is 38.2 Å². The highest BCUT2D eigenvalue weighted by Gasteiger charge is 2.33. The van der Waals surface area contributed by atoms with Gasteiger partial charge in [-0.1, -0.05) is 24.5 Å². The Balaban J connectivity index is 2.03. The van der Waals surface area contributed by atoms with Gasteiger partial charge in [0.1, 0.15) is 5.82 Å². The van der Waals surface area contributed by atoms with E-state index in [1.165, 1.54) is 18.9 Å². The highest BCUT2D eigenvalue weighted by atomic mass is 32.2. The fraction of sp³-hybridized carbons (Fsp3) is 0.533. The van der Waals surface area contributed by atoms with E-state index in [0.717, 1.165) is 18.4 Å². The van der Waals surface area contributed by atoms with Crippen molar-refractivity contribution in [3.63, 3.8) is 0 Å². The van der Waals surface area contributed by atoms with Gasteiger partial charge in [-0.15, -0.1) is 0 Å². The fourth-order valence-corrected chi connectivity index (χ4v) is 3.54. The van der Waals surface area contributed by atoms with E-state index in [1.807, 2.05) is 18.7 Å². The van der Waals surface area contributed by atoms with Crippen LogP contribution in [0, 0.1) is 12.7 Å². The van der Waals surface area contributed by atoms with E-state index < -0.39 is 5.82 Å². The second-order valence-corrected chi connectivity index (χ2v) is 6.53. The van der Waals surface area contributed by atoms with Crippen molar-refractivity contribution in [3.05, 3.63) is 35.1 Å². The van der Waals surface area contributed by atoms with Gasteiger partial charge in [-0.3, -0.25) is 4.79 Å². The van der Waals surface area contributed by atoms with Crippen LogP contribution in [0.3, 0.4) is 0 Å². The zero-order chi connectivity index (χ0) is 13.9. The van der Waals surface area contributed by atoms with Crippen LogP contribution in [-0.4, -0.2) is 23.5 Å². The quantitative estimate of drug-likeness (QED) is 0.914. The molecule has 4 heteroatoms. The molecule has 0 bridgehead atoms. The first kappa shape index (κ1) is 14.4. The molecule has 2 rings (SSSR count). The van der Waals surface area contributed by atoms with E-state index in [9.17, 15) is 9.18 Å². The van der Waals surface area contributed by atoms with Crippen LogP contribution in [0.4, 0.5) is 4.39 Å². The Morgan fingerprint density at radius 2 is 2.11 bits per heavy atom. The van der Waals surface area contributed by atoms with Gasteiger partial charge in [-0.2, -0.15) is 11.8 Å². The fourth-order valence-electron chi connectivity index (χ4n) is 2.62. The summed E-state index contributed by atoms with van der Waals surface area (Å²) in [5, 5.41) is 2.90. The van der Waals surface area contributed by atoms with E-state index in [1.54, 1.807) is 12.1 Å². The molecule has 1 aromatic rings. The normalized spacial score (nSPS) is 17.4. The van der Waals surface area contributed by atoms with Crippen molar-refractivity contribution in [2.75, 3.05) is 12.8 Å². The number of rotatable bonds is 4. The first-order chi connectivity index (χ1) is 9.06. The Hall–Kier alpha value is -1.03. The Morgan fingerprint density at radius 1 is 1.42 bits per heavy atom. The predicted molar refractivity (Wildman–Crippen MR) is 78.2 cm³/mol. The predicted octanol–water partition coefficient (Wildman–Crippen LogP) is 3.54. The molecular weight excluding hydrogens is 261 g/mol. The smallest absolute Gasteiger partial charge is 0.254 e. The molecule has 1 aliphatic rings. The van der Waals surface area contributed by atoms with Crippen molar-refractivity contribution in [2.24, 2.45) is 0 Å². The molecule has 1 aromatic carbocycles. The van der Waals surface area contributed by atoms with Crippen molar-refractivity contribution in [1.29, 1.82) is 0 Å². The zero-order valence-electron chi connectivity index (χ0n) is 11.5. The van der Waals surface area contributed by atoms with Crippen molar-refractivity contribution in [3.8, 4) is 0 Å². The summed E-state index contributed by atoms with van der Waals surface area (Å²) in [7, 11) is 0. The maximum Gasteiger partial charge on any atom is 0.254 e. The average Bonchev–Trinajstić information content (AvgIpc) is 2.88. The minimum atomic E-state index is -0.451. The summed E-state index contributed by atoms with van der Waals surface area (Å²) in [6, 6.07) is 4.63. The molecule has 1 aliphatic carbocycles. The van der Waals surface area contributed by atoms with Crippen LogP contribution in [0.2, 0.25) is 0 Å². The number of hydrogen-bond acceptors (Lipinski definition) is 2. The van der Waals surface area contributed by atoms with Gasteiger partial charge in [0.05, 0.1) is 5.56 Å². The monoisotopic (exact) mass is 281 g/mol. The maximum absolute atomic E-state index is 13.6. The van der Waals surface area contributed by atoms with Crippen molar-refractivity contribution in [1.82, 2.24) is 5.32 Å². The highest BCUT2D eigenvalue weighted by molar-refractivity contribution is 8.00. The van der Waals surface area contributed by atoms with Gasteiger partial charge in [0.15, 0.2) is 0 Å². The summed E-state index contributed by atoms with van der Waals surface area (Å²) in [5.41, 5.74) is 1.04. The largest absolute Gasteiger partial charge is 0.351 e. The highest BCUT2D eigenvalue weighted by Crippen LogP contribution is 2.39. The topological polar surface area (TPSA) is 29.1 Å². The molecule has 0 unspecified atom stereocenters. The summed E-state index contributed by atoms with van der Waals surface area (Å²) < 4.78 is 13.8. The first-order valence-electron chi connectivity index (χ1n) is 6.66. The van der Waals surface area contributed by atoms with Crippen LogP contribution in [0.15, 0.2) is 18.2 Å². The van der Waals surface area contributed by atoms with Crippen LogP contribution in [0.5, 0.6) is 0 Å². The number of carbonyl (C=O) groups is 1. The van der Waals surface area contributed by atoms with Gasteiger partial charge in [0, 0.05) is 11.3 Å². The number of aryl methyl sites for hydroxylation is 1. The standard InChI is InChI=1S/C15H20FNOS/c1-11-5-6-13(16)12(9-11)14(18)17-10-15(19-2)7-3-4-8-15/h5-6,9H,3-4,7-8,10H2,1-2H3,(H,17,18). The summed E-state index contributed by atoms with van der Waals surface area (Å²) in [5.74, 6) is -0.755. The summed E-state index contributed by atoms with van der Waals surface area (Å²) in [6.07, 6.45) is 6.78. The number of amides is 1. The molecule has 0 radical (unpaired) electrons. The minimum absolute atomic E-state index is 0.147. The Labute approximate surface area is 118 Å². The van der Waals surface area contributed by atoms with Crippen LogP contribution < -0.4 is 5.32 Å². The first-order valence-corrected chi connectivity index (χ1v) is 7.88. The molecule has 0 aromatic heterocycles. The van der Waals surface area contributed by atoms with Crippen LogP contribution in [0.1, 0.15) is 41.6 Å². The Kier molecular flexibility index (Phi) is 4.50. The molecule has 0 heterocycles. The number of benzene rings is 1. The SMILES string of the molecule is CSC1(CNC(=O)c2cc(C)ccc2F)CCCC1. The van der Waals surface area contributed by atoms with Crippen molar-refractivity contribution < 1.29 is 9.18 Å². The summed E-state index contributed by atoms with van der Waals surface area (Å²) in [6.45, 7) is 2.48. The van der Waals surface area contributed by atoms with Gasteiger partial charge < -0.3 is 5.32 Å². The van der Waals surface area contributed by atoms with Crippen LogP contribution in [0.25, 0.3) is 0 Å². The summed E-state index contributed by atoms with van der Waals surface area (Å²) >= 11 is 1.82. The van der Waals surface area contributed by atoms with Crippen LogP contribution in [-0.2, 0) is 0 Å². The van der Waals surface area contributed by atoms with Crippen LogP contribution >= 0.6 is 11.8 Å². The minimum Gasteiger partial charge on any atom is -0.351 e. The third-order valence-electron chi connectivity index (χ3n) is 3.89. The Morgan fingerprint density at radius 3 is 2.74 bits per heavy atom. The Bertz CT molecular complexity index is 469. The number of thioether (sulfide) groups is 1. The molecule has 1 amide bonds. The number of hydrogen-bond donors (Lipinski definition) is 1. The van der Waals surface area contributed by atoms with E-state index in [0.29, 0.717) is 6.54 Å². The lowest BCUT2D eigenvalue weighted by Crippen LogP contribution is -2.38. The zero-order valence-corrected chi connectivity index (χ0v) is 12.3. The molecule has 2 nitrogen and oxygen atoms in total. The molecule has 0 saturated heterocycles. The lowest BCUT2D eigenvalue weighted by atomic mass is 10.1. The molecule has 0 atom stereocenters. The number of carbonyl (C=O) groups excluding carboxylic acids is 1. The van der Waals surface area contributed by atoms with E-state index in [4.69, 9.17) is 0 Å². The van der Waals surface area contributed by atoms with Gasteiger partial charge >= 0.3 is 0 Å². The number of nitrogens with one attached hydrogen (secondary N) is 1. The second kappa shape index (κ2) is 5.95. The molecular formula is C15H20FNOS. The van der Waals surface area contributed by atoms with Crippen molar-refractivity contribution >= 4 is 17.7 Å². The summed E-state index contributed by atoms with van der Waals surface area (Å²) in [4.78, 5) is 12.1. The van der Waals surface area contributed by atoms with Crippen molar-refractivity contribution in [2.45, 2.75) is 37.4 Å². The van der Waals surface area contributed by atoms with E-state index >= 15 is 0 Å². The molecule has 19 heavy (non-hydrogen) atoms. The van der Waals surface area contributed by atoms with E-state index in [2.05, 4.69) is 11.6 Å². The number of halogens is 1. The molecule has 1 saturated carbocycles. The second-order valence-electron chi connectivity index (χ2n) is 5.26. The molecule has 0 spiro atoms. The molecule has 104 valence electrons. The van der Waals surface area contributed by atoms with E-state index in [-0.39, 0.29) is 16.2 Å². The molecule has 0 aliphatic heterocycles. The van der Waals surface area contributed by atoms with Gasteiger partial charge in [0.25, 0.3) is 5.91 Å². The van der Waals surface area contributed by atoms with Gasteiger partial charge in [0.2, 0.25) is 0 Å². The van der Waals surface area contributed by atoms with Gasteiger partial charge in [-0.25, -0.2) is 4.39 Å². The third kappa shape index (κ3) is 3.30. The molecule has 1 N–H and O–H groups in total. The maximum atomic E-state index is 13.6. The lowest BCUT2D eigenvalue weighted by Gasteiger charge is -2.26.